The predicted molar refractivity (Wildman–Crippen MR) is 83.9 cm³/mol. The minimum absolute atomic E-state index is 0.235. The maximum absolute atomic E-state index is 11.6. The van der Waals surface area contributed by atoms with Gasteiger partial charge in [-0.1, -0.05) is 23.5 Å². The summed E-state index contributed by atoms with van der Waals surface area (Å²) >= 11 is 0. The Labute approximate surface area is 131 Å². The van der Waals surface area contributed by atoms with Gasteiger partial charge in [-0.15, -0.1) is 0 Å². The summed E-state index contributed by atoms with van der Waals surface area (Å²) in [5.41, 5.74) is 2.69. The fourth-order valence-corrected chi connectivity index (χ4v) is 2.22. The summed E-state index contributed by atoms with van der Waals surface area (Å²) in [4.78, 5) is 13.3. The molecule has 1 aromatic carbocycles. The molecule has 4 heteroatoms. The van der Waals surface area contributed by atoms with Gasteiger partial charge in [0.2, 0.25) is 0 Å². The van der Waals surface area contributed by atoms with Crippen LogP contribution < -0.4 is 0 Å². The molecule has 2 rings (SSSR count). The molecule has 0 aromatic heterocycles. The van der Waals surface area contributed by atoms with Gasteiger partial charge in [-0.05, 0) is 44.0 Å². The van der Waals surface area contributed by atoms with Crippen LogP contribution in [0.2, 0.25) is 0 Å². The molecule has 112 valence electrons. The zero-order valence-corrected chi connectivity index (χ0v) is 12.6. The molecule has 0 bridgehead atoms. The minimum atomic E-state index is -0.235. The maximum Gasteiger partial charge on any atom is 0.409 e. The van der Waals surface area contributed by atoms with E-state index in [1.165, 1.54) is 5.57 Å². The first-order chi connectivity index (χ1) is 10.7. The highest BCUT2D eigenvalue weighted by Crippen LogP contribution is 2.16. The van der Waals surface area contributed by atoms with E-state index >= 15 is 0 Å². The van der Waals surface area contributed by atoms with Crippen molar-refractivity contribution in [3.63, 3.8) is 0 Å². The van der Waals surface area contributed by atoms with Gasteiger partial charge >= 0.3 is 6.09 Å². The molecule has 1 amide bonds. The predicted octanol–water partition coefficient (Wildman–Crippen LogP) is 3.09. The van der Waals surface area contributed by atoms with Crippen LogP contribution in [-0.4, -0.2) is 30.7 Å². The molecule has 22 heavy (non-hydrogen) atoms. The lowest BCUT2D eigenvalue weighted by Crippen LogP contribution is -2.36. The van der Waals surface area contributed by atoms with E-state index in [-0.39, 0.29) is 6.09 Å². The molecule has 0 spiro atoms. The molecule has 0 aliphatic carbocycles. The molecule has 1 aliphatic rings. The Bertz CT molecular complexity index is 664. The molecule has 1 aromatic rings. The molecule has 0 saturated carbocycles. The minimum Gasteiger partial charge on any atom is -0.450 e. The van der Waals surface area contributed by atoms with Gasteiger partial charge in [0, 0.05) is 18.7 Å². The molecule has 4 nitrogen and oxygen atoms in total. The van der Waals surface area contributed by atoms with Crippen molar-refractivity contribution in [3.05, 3.63) is 47.0 Å². The molecule has 1 fully saturated rings. The average Bonchev–Trinajstić information content (AvgIpc) is 2.56. The van der Waals surface area contributed by atoms with Crippen LogP contribution >= 0.6 is 0 Å². The number of amides is 1. The third kappa shape index (κ3) is 4.40. The number of benzene rings is 1. The molecule has 1 aliphatic heterocycles. The van der Waals surface area contributed by atoms with E-state index in [1.54, 1.807) is 17.0 Å². The lowest BCUT2D eigenvalue weighted by molar-refractivity contribution is 0.104. The van der Waals surface area contributed by atoms with E-state index in [9.17, 15) is 4.79 Å². The number of ether oxygens (including phenoxy) is 1. The van der Waals surface area contributed by atoms with E-state index in [0.29, 0.717) is 25.3 Å². The summed E-state index contributed by atoms with van der Waals surface area (Å²) in [6.45, 7) is 3.57. The van der Waals surface area contributed by atoms with Gasteiger partial charge in [0.15, 0.2) is 0 Å². The first kappa shape index (κ1) is 15.7. The summed E-state index contributed by atoms with van der Waals surface area (Å²) in [6.07, 6.45) is 3.33. The number of carbonyl (C=O) groups is 1. The van der Waals surface area contributed by atoms with Crippen molar-refractivity contribution in [1.82, 2.24) is 4.90 Å². The number of rotatable bonds is 1. The number of carbonyl (C=O) groups excluding carboxylic acids is 1. The molecular weight excluding hydrogens is 276 g/mol. The van der Waals surface area contributed by atoms with Gasteiger partial charge in [-0.25, -0.2) is 4.79 Å². The van der Waals surface area contributed by atoms with Crippen molar-refractivity contribution in [3.8, 4) is 17.9 Å². The Kier molecular flexibility index (Phi) is 5.63. The second kappa shape index (κ2) is 7.90. The molecule has 0 atom stereocenters. The number of allylic oxidation sites excluding steroid dienone is 1. The summed E-state index contributed by atoms with van der Waals surface area (Å²) in [6, 6.07) is 9.34. The fourth-order valence-electron chi connectivity index (χ4n) is 2.22. The second-order valence-corrected chi connectivity index (χ2v) is 4.95. The van der Waals surface area contributed by atoms with E-state index in [4.69, 9.17) is 10.00 Å². The highest BCUT2D eigenvalue weighted by atomic mass is 16.6. The van der Waals surface area contributed by atoms with E-state index < -0.39 is 0 Å². The normalized spacial score (nSPS) is 13.6. The van der Waals surface area contributed by atoms with Crippen LogP contribution in [0.5, 0.6) is 0 Å². The first-order valence-corrected chi connectivity index (χ1v) is 7.34. The Morgan fingerprint density at radius 2 is 2.09 bits per heavy atom. The summed E-state index contributed by atoms with van der Waals surface area (Å²) in [5.74, 6) is 6.07. The van der Waals surface area contributed by atoms with Crippen molar-refractivity contribution in [2.45, 2.75) is 19.8 Å². The summed E-state index contributed by atoms with van der Waals surface area (Å²) < 4.78 is 4.99. The van der Waals surface area contributed by atoms with E-state index in [0.717, 1.165) is 18.4 Å². The standard InChI is InChI=1S/C18H18N2O2/c1-2-22-18(21)20-11-9-15(10-12-20)5-3-6-16-7-4-8-17(13-16)14-19/h4-5,7-8,13H,2,9-12H2,1H3. The Morgan fingerprint density at radius 1 is 1.36 bits per heavy atom. The second-order valence-electron chi connectivity index (χ2n) is 4.95. The van der Waals surface area contributed by atoms with Crippen LogP contribution in [0.3, 0.4) is 0 Å². The van der Waals surface area contributed by atoms with Gasteiger partial charge in [0.1, 0.15) is 0 Å². The Hall–Kier alpha value is -2.72. The van der Waals surface area contributed by atoms with Crippen molar-refractivity contribution >= 4 is 6.09 Å². The molecule has 0 unspecified atom stereocenters. The van der Waals surface area contributed by atoms with Crippen LogP contribution in [0.4, 0.5) is 4.79 Å². The molecule has 1 saturated heterocycles. The lowest BCUT2D eigenvalue weighted by Gasteiger charge is -2.27. The maximum atomic E-state index is 11.6. The largest absolute Gasteiger partial charge is 0.450 e. The lowest BCUT2D eigenvalue weighted by atomic mass is 10.0. The third-order valence-corrected chi connectivity index (χ3v) is 3.42. The van der Waals surface area contributed by atoms with Crippen molar-refractivity contribution in [2.75, 3.05) is 19.7 Å². The quantitative estimate of drug-likeness (QED) is 0.748. The number of hydrogen-bond acceptors (Lipinski definition) is 3. The average molecular weight is 294 g/mol. The number of piperidine rings is 1. The van der Waals surface area contributed by atoms with Gasteiger partial charge in [0.05, 0.1) is 18.2 Å². The SMILES string of the molecule is CCOC(=O)N1CCC(=CC#Cc2cccc(C#N)c2)CC1. The summed E-state index contributed by atoms with van der Waals surface area (Å²) in [5, 5.41) is 8.85. The molecule has 1 heterocycles. The smallest absolute Gasteiger partial charge is 0.409 e. The summed E-state index contributed by atoms with van der Waals surface area (Å²) in [7, 11) is 0. The monoisotopic (exact) mass is 294 g/mol. The van der Waals surface area contributed by atoms with Gasteiger partial charge < -0.3 is 9.64 Å². The highest BCUT2D eigenvalue weighted by Gasteiger charge is 2.19. The molecule has 0 N–H and O–H groups in total. The van der Waals surface area contributed by atoms with Gasteiger partial charge in [-0.2, -0.15) is 5.26 Å². The van der Waals surface area contributed by atoms with Crippen LogP contribution in [0.25, 0.3) is 0 Å². The zero-order chi connectivity index (χ0) is 15.8. The number of likely N-dealkylation sites (tertiary alicyclic amines) is 1. The highest BCUT2D eigenvalue weighted by molar-refractivity contribution is 5.67. The van der Waals surface area contributed by atoms with E-state index in [2.05, 4.69) is 17.9 Å². The Morgan fingerprint density at radius 3 is 2.77 bits per heavy atom. The van der Waals surface area contributed by atoms with Crippen LogP contribution in [0.1, 0.15) is 30.9 Å². The van der Waals surface area contributed by atoms with Crippen LogP contribution in [0.15, 0.2) is 35.9 Å². The number of hydrogen-bond donors (Lipinski definition) is 0. The number of nitriles is 1. The zero-order valence-electron chi connectivity index (χ0n) is 12.6. The van der Waals surface area contributed by atoms with Gasteiger partial charge in [0.25, 0.3) is 0 Å². The molecule has 0 radical (unpaired) electrons. The Balaban J connectivity index is 1.92. The number of nitrogens with zero attached hydrogens (tertiary/aromatic N) is 2. The van der Waals surface area contributed by atoms with E-state index in [1.807, 2.05) is 25.1 Å². The molecular formula is C18H18N2O2. The fraction of sp³-hybridized carbons (Fsp3) is 0.333. The van der Waals surface area contributed by atoms with Crippen molar-refractivity contribution < 1.29 is 9.53 Å². The van der Waals surface area contributed by atoms with Crippen LogP contribution in [0, 0.1) is 23.2 Å². The third-order valence-electron chi connectivity index (χ3n) is 3.42. The van der Waals surface area contributed by atoms with Crippen molar-refractivity contribution in [2.24, 2.45) is 0 Å². The van der Waals surface area contributed by atoms with Gasteiger partial charge in [-0.3, -0.25) is 0 Å². The van der Waals surface area contributed by atoms with Crippen molar-refractivity contribution in [1.29, 1.82) is 5.26 Å². The first-order valence-electron chi connectivity index (χ1n) is 7.34. The topological polar surface area (TPSA) is 53.3 Å². The van der Waals surface area contributed by atoms with Crippen LogP contribution in [-0.2, 0) is 4.74 Å².